The van der Waals surface area contributed by atoms with Gasteiger partial charge in [-0.2, -0.15) is 0 Å². The maximum Gasteiger partial charge on any atom is 0.262 e. The van der Waals surface area contributed by atoms with Crippen molar-refractivity contribution < 1.29 is 4.79 Å². The van der Waals surface area contributed by atoms with Crippen LogP contribution in [0.3, 0.4) is 0 Å². The Labute approximate surface area is 175 Å². The van der Waals surface area contributed by atoms with Crippen molar-refractivity contribution in [3.8, 4) is 0 Å². The summed E-state index contributed by atoms with van der Waals surface area (Å²) in [5, 5.41) is 4.85. The quantitative estimate of drug-likeness (QED) is 0.551. The van der Waals surface area contributed by atoms with Crippen LogP contribution in [0.5, 0.6) is 0 Å². The number of carbonyl (C=O) groups is 1. The minimum atomic E-state index is -0.0823. The van der Waals surface area contributed by atoms with Gasteiger partial charge in [-0.25, -0.2) is 4.98 Å². The van der Waals surface area contributed by atoms with E-state index in [1.54, 1.807) is 22.8 Å². The van der Waals surface area contributed by atoms with Gasteiger partial charge < -0.3 is 5.32 Å². The highest BCUT2D eigenvalue weighted by Crippen LogP contribution is 2.29. The Morgan fingerprint density at radius 2 is 2.14 bits per heavy atom. The maximum atomic E-state index is 12.9. The molecule has 7 heteroatoms. The molecule has 0 unspecified atom stereocenters. The average molecular weight is 422 g/mol. The van der Waals surface area contributed by atoms with Crippen LogP contribution in [0.1, 0.15) is 46.5 Å². The SMILES string of the molecule is CCCn1c(SCC(=O)N[C@H]2CCC[C@H](C)[C@@H]2C)nc2cc(Cl)ccc2c1=O. The van der Waals surface area contributed by atoms with E-state index in [9.17, 15) is 9.59 Å². The van der Waals surface area contributed by atoms with Crippen molar-refractivity contribution in [2.75, 3.05) is 5.75 Å². The number of benzene rings is 1. The van der Waals surface area contributed by atoms with Crippen molar-refractivity contribution in [1.82, 2.24) is 14.9 Å². The van der Waals surface area contributed by atoms with Gasteiger partial charge in [-0.1, -0.05) is 57.0 Å². The molecule has 0 bridgehead atoms. The third-order valence-corrected chi connectivity index (χ3v) is 6.93. The summed E-state index contributed by atoms with van der Waals surface area (Å²) in [5.41, 5.74) is 0.489. The highest BCUT2D eigenvalue weighted by molar-refractivity contribution is 7.99. The van der Waals surface area contributed by atoms with Gasteiger partial charge in [-0.3, -0.25) is 14.2 Å². The number of rotatable bonds is 6. The first-order valence-electron chi connectivity index (χ1n) is 10.0. The van der Waals surface area contributed by atoms with Gasteiger partial charge in [0.2, 0.25) is 5.91 Å². The zero-order valence-corrected chi connectivity index (χ0v) is 18.3. The fourth-order valence-corrected chi connectivity index (χ4v) is 4.87. The van der Waals surface area contributed by atoms with Crippen LogP contribution in [0.4, 0.5) is 0 Å². The third kappa shape index (κ3) is 4.71. The molecule has 1 amide bonds. The number of carbonyl (C=O) groups excluding carboxylic acids is 1. The van der Waals surface area contributed by atoms with Crippen LogP contribution >= 0.6 is 23.4 Å². The molecule has 152 valence electrons. The van der Waals surface area contributed by atoms with Crippen molar-refractivity contribution in [3.05, 3.63) is 33.6 Å². The first-order valence-corrected chi connectivity index (χ1v) is 11.4. The monoisotopic (exact) mass is 421 g/mol. The van der Waals surface area contributed by atoms with Gasteiger partial charge >= 0.3 is 0 Å². The summed E-state index contributed by atoms with van der Waals surface area (Å²) in [6.07, 6.45) is 4.24. The molecule has 0 saturated heterocycles. The van der Waals surface area contributed by atoms with E-state index in [-0.39, 0.29) is 23.3 Å². The molecule has 1 fully saturated rings. The summed E-state index contributed by atoms with van der Waals surface area (Å²) in [7, 11) is 0. The number of hydrogen-bond acceptors (Lipinski definition) is 4. The van der Waals surface area contributed by atoms with Crippen LogP contribution < -0.4 is 10.9 Å². The molecule has 28 heavy (non-hydrogen) atoms. The molecule has 5 nitrogen and oxygen atoms in total. The predicted octanol–water partition coefficient (Wildman–Crippen LogP) is 4.49. The summed E-state index contributed by atoms with van der Waals surface area (Å²) >= 11 is 7.38. The van der Waals surface area contributed by atoms with Crippen LogP contribution in [0.15, 0.2) is 28.2 Å². The van der Waals surface area contributed by atoms with Crippen LogP contribution in [0.25, 0.3) is 10.9 Å². The van der Waals surface area contributed by atoms with Crippen LogP contribution in [-0.4, -0.2) is 27.3 Å². The lowest BCUT2D eigenvalue weighted by Gasteiger charge is -2.34. The number of hydrogen-bond donors (Lipinski definition) is 1. The molecule has 1 aromatic heterocycles. The van der Waals surface area contributed by atoms with Gasteiger partial charge in [0, 0.05) is 17.6 Å². The fraction of sp³-hybridized carbons (Fsp3) is 0.571. The summed E-state index contributed by atoms with van der Waals surface area (Å²) < 4.78 is 1.67. The number of fused-ring (bicyclic) bond motifs is 1. The Morgan fingerprint density at radius 3 is 2.89 bits per heavy atom. The van der Waals surface area contributed by atoms with E-state index < -0.39 is 0 Å². The van der Waals surface area contributed by atoms with Crippen molar-refractivity contribution >= 4 is 40.2 Å². The van der Waals surface area contributed by atoms with E-state index >= 15 is 0 Å². The van der Waals surface area contributed by atoms with E-state index in [1.165, 1.54) is 18.2 Å². The second-order valence-electron chi connectivity index (χ2n) is 7.74. The molecule has 1 aliphatic carbocycles. The lowest BCUT2D eigenvalue weighted by atomic mass is 9.78. The van der Waals surface area contributed by atoms with Gasteiger partial charge in [-0.15, -0.1) is 0 Å². The van der Waals surface area contributed by atoms with Gasteiger partial charge in [-0.05, 0) is 42.9 Å². The van der Waals surface area contributed by atoms with Gasteiger partial charge in [0.1, 0.15) is 0 Å². The molecule has 3 rings (SSSR count). The standard InChI is InChI=1S/C21H28ClN3O2S/c1-4-10-25-20(27)16-9-8-15(22)11-18(16)24-21(25)28-12-19(26)23-17-7-5-6-13(2)14(17)3/h8-9,11,13-14,17H,4-7,10,12H2,1-3H3,(H,23,26)/t13-,14-,17-/m0/s1. The highest BCUT2D eigenvalue weighted by atomic mass is 35.5. The Morgan fingerprint density at radius 1 is 1.36 bits per heavy atom. The summed E-state index contributed by atoms with van der Waals surface area (Å²) in [6, 6.07) is 5.35. The smallest absolute Gasteiger partial charge is 0.262 e. The number of aromatic nitrogens is 2. The highest BCUT2D eigenvalue weighted by Gasteiger charge is 2.28. The van der Waals surface area contributed by atoms with E-state index in [4.69, 9.17) is 11.6 Å². The summed E-state index contributed by atoms with van der Waals surface area (Å²) in [5.74, 6) is 1.37. The topological polar surface area (TPSA) is 64.0 Å². The maximum absolute atomic E-state index is 12.9. The number of thioether (sulfide) groups is 1. The van der Waals surface area contributed by atoms with Crippen molar-refractivity contribution in [2.24, 2.45) is 11.8 Å². The molecule has 0 aliphatic heterocycles. The van der Waals surface area contributed by atoms with Gasteiger partial charge in [0.05, 0.1) is 16.7 Å². The minimum absolute atomic E-state index is 0.000520. The largest absolute Gasteiger partial charge is 0.352 e. The molecule has 0 radical (unpaired) electrons. The molecule has 1 aromatic carbocycles. The molecule has 3 atom stereocenters. The van der Waals surface area contributed by atoms with Gasteiger partial charge in [0.25, 0.3) is 5.56 Å². The Kier molecular flexibility index (Phi) is 7.05. The second kappa shape index (κ2) is 9.31. The molecule has 0 spiro atoms. The molecule has 1 heterocycles. The molecule has 1 N–H and O–H groups in total. The number of nitrogens with one attached hydrogen (secondary N) is 1. The lowest BCUT2D eigenvalue weighted by molar-refractivity contribution is -0.120. The number of halogens is 1. The zero-order chi connectivity index (χ0) is 20.3. The predicted molar refractivity (Wildman–Crippen MR) is 116 cm³/mol. The molecular weight excluding hydrogens is 394 g/mol. The summed E-state index contributed by atoms with van der Waals surface area (Å²) in [4.78, 5) is 30.0. The Hall–Kier alpha value is -1.53. The minimum Gasteiger partial charge on any atom is -0.352 e. The lowest BCUT2D eigenvalue weighted by Crippen LogP contribution is -2.44. The average Bonchev–Trinajstić information content (AvgIpc) is 2.66. The molecule has 1 aliphatic rings. The van der Waals surface area contributed by atoms with E-state index in [2.05, 4.69) is 24.1 Å². The van der Waals surface area contributed by atoms with Crippen molar-refractivity contribution in [1.29, 1.82) is 0 Å². The first-order chi connectivity index (χ1) is 13.4. The molecule has 1 saturated carbocycles. The normalized spacial score (nSPS) is 22.4. The third-order valence-electron chi connectivity index (χ3n) is 5.72. The number of amides is 1. The first kappa shape index (κ1) is 21.2. The van der Waals surface area contributed by atoms with Crippen LogP contribution in [0, 0.1) is 11.8 Å². The Balaban J connectivity index is 1.76. The fourth-order valence-electron chi connectivity index (χ4n) is 3.87. The molecular formula is C21H28ClN3O2S. The van der Waals surface area contributed by atoms with E-state index in [0.717, 1.165) is 19.3 Å². The van der Waals surface area contributed by atoms with Crippen molar-refractivity contribution in [2.45, 2.75) is 64.2 Å². The number of nitrogens with zero attached hydrogens (tertiary/aromatic N) is 2. The Bertz CT molecular complexity index is 914. The summed E-state index contributed by atoms with van der Waals surface area (Å²) in [6.45, 7) is 7.07. The zero-order valence-electron chi connectivity index (χ0n) is 16.7. The van der Waals surface area contributed by atoms with Crippen LogP contribution in [-0.2, 0) is 11.3 Å². The van der Waals surface area contributed by atoms with E-state index in [1.807, 2.05) is 6.92 Å². The van der Waals surface area contributed by atoms with Crippen LogP contribution in [0.2, 0.25) is 5.02 Å². The molecule has 2 aromatic rings. The second-order valence-corrected chi connectivity index (χ2v) is 9.12. The van der Waals surface area contributed by atoms with E-state index in [0.29, 0.717) is 39.5 Å². The van der Waals surface area contributed by atoms with Gasteiger partial charge in [0.15, 0.2) is 5.16 Å². The van der Waals surface area contributed by atoms with Crippen molar-refractivity contribution in [3.63, 3.8) is 0 Å².